The van der Waals surface area contributed by atoms with Crippen LogP contribution in [0, 0.1) is 0 Å². The van der Waals surface area contributed by atoms with Crippen LogP contribution in [-0.4, -0.2) is 26.4 Å². The highest BCUT2D eigenvalue weighted by Gasteiger charge is 2.03. The van der Waals surface area contributed by atoms with E-state index < -0.39 is 0 Å². The Kier molecular flexibility index (Phi) is 3.25. The number of aryl methyl sites for hydroxylation is 1. The van der Waals surface area contributed by atoms with E-state index in [1.807, 2.05) is 31.6 Å². The predicted molar refractivity (Wildman–Crippen MR) is 78.8 cm³/mol. The first kappa shape index (κ1) is 12.5. The molecule has 0 atom stereocenters. The SMILES string of the molecule is Cn1cc(CCNc2nccc3ccc(O)cc23)cn1. The van der Waals surface area contributed by atoms with Crippen LogP contribution in [0.25, 0.3) is 10.8 Å². The van der Waals surface area contributed by atoms with E-state index in [1.165, 1.54) is 5.56 Å². The molecule has 1 aromatic carbocycles. The van der Waals surface area contributed by atoms with Crippen LogP contribution in [-0.2, 0) is 13.5 Å². The Morgan fingerprint density at radius 1 is 1.30 bits per heavy atom. The van der Waals surface area contributed by atoms with Crippen LogP contribution in [0.5, 0.6) is 5.75 Å². The number of fused-ring (bicyclic) bond motifs is 1. The predicted octanol–water partition coefficient (Wildman–Crippen LogP) is 2.33. The number of nitrogens with one attached hydrogen (secondary N) is 1. The van der Waals surface area contributed by atoms with E-state index in [9.17, 15) is 5.11 Å². The molecule has 0 bridgehead atoms. The summed E-state index contributed by atoms with van der Waals surface area (Å²) in [7, 11) is 1.91. The van der Waals surface area contributed by atoms with E-state index >= 15 is 0 Å². The van der Waals surface area contributed by atoms with Gasteiger partial charge in [-0.15, -0.1) is 0 Å². The Balaban J connectivity index is 1.75. The van der Waals surface area contributed by atoms with Gasteiger partial charge in [-0.25, -0.2) is 4.98 Å². The summed E-state index contributed by atoms with van der Waals surface area (Å²) in [5.74, 6) is 1.04. The molecule has 0 saturated heterocycles. The van der Waals surface area contributed by atoms with Gasteiger partial charge in [-0.1, -0.05) is 6.07 Å². The summed E-state index contributed by atoms with van der Waals surface area (Å²) >= 11 is 0. The largest absolute Gasteiger partial charge is 0.508 e. The van der Waals surface area contributed by atoms with Crippen molar-refractivity contribution in [2.45, 2.75) is 6.42 Å². The van der Waals surface area contributed by atoms with Crippen LogP contribution in [0.2, 0.25) is 0 Å². The molecule has 0 aliphatic rings. The van der Waals surface area contributed by atoms with Crippen LogP contribution < -0.4 is 5.32 Å². The minimum atomic E-state index is 0.251. The lowest BCUT2D eigenvalue weighted by Gasteiger charge is -2.08. The van der Waals surface area contributed by atoms with E-state index in [2.05, 4.69) is 15.4 Å². The third-order valence-electron chi connectivity index (χ3n) is 3.21. The number of aromatic nitrogens is 3. The van der Waals surface area contributed by atoms with Crippen molar-refractivity contribution < 1.29 is 5.11 Å². The molecule has 2 aromatic heterocycles. The normalized spacial score (nSPS) is 10.8. The Morgan fingerprint density at radius 2 is 2.20 bits per heavy atom. The van der Waals surface area contributed by atoms with Crippen LogP contribution in [0.1, 0.15) is 5.56 Å². The minimum absolute atomic E-state index is 0.251. The number of hydrogen-bond acceptors (Lipinski definition) is 4. The van der Waals surface area contributed by atoms with Crippen molar-refractivity contribution in [1.29, 1.82) is 0 Å². The maximum atomic E-state index is 9.59. The summed E-state index contributed by atoms with van der Waals surface area (Å²) in [4.78, 5) is 4.34. The first-order chi connectivity index (χ1) is 9.72. The van der Waals surface area contributed by atoms with Crippen molar-refractivity contribution in [2.75, 3.05) is 11.9 Å². The molecule has 5 nitrogen and oxygen atoms in total. The van der Waals surface area contributed by atoms with Gasteiger partial charge in [0.25, 0.3) is 0 Å². The molecule has 0 radical (unpaired) electrons. The van der Waals surface area contributed by atoms with E-state index in [0.717, 1.165) is 29.6 Å². The van der Waals surface area contributed by atoms with E-state index in [0.29, 0.717) is 0 Å². The van der Waals surface area contributed by atoms with Crippen molar-refractivity contribution >= 4 is 16.6 Å². The topological polar surface area (TPSA) is 63.0 Å². The van der Waals surface area contributed by atoms with Crippen LogP contribution in [0.3, 0.4) is 0 Å². The van der Waals surface area contributed by atoms with Gasteiger partial charge in [0.1, 0.15) is 11.6 Å². The lowest BCUT2D eigenvalue weighted by atomic mass is 10.1. The number of phenolic OH excluding ortho intramolecular Hbond substituents is 1. The number of rotatable bonds is 4. The third kappa shape index (κ3) is 2.56. The van der Waals surface area contributed by atoms with Gasteiger partial charge in [-0.2, -0.15) is 5.10 Å². The second kappa shape index (κ2) is 5.21. The summed E-state index contributed by atoms with van der Waals surface area (Å²) in [6, 6.07) is 7.23. The van der Waals surface area contributed by atoms with Crippen molar-refractivity contribution in [2.24, 2.45) is 7.05 Å². The third-order valence-corrected chi connectivity index (χ3v) is 3.21. The maximum Gasteiger partial charge on any atom is 0.133 e. The molecule has 0 amide bonds. The zero-order valence-electron chi connectivity index (χ0n) is 11.2. The number of hydrogen-bond donors (Lipinski definition) is 2. The number of aromatic hydroxyl groups is 1. The molecule has 0 aliphatic heterocycles. The van der Waals surface area contributed by atoms with Gasteiger partial charge in [0, 0.05) is 31.4 Å². The first-order valence-corrected chi connectivity index (χ1v) is 6.51. The maximum absolute atomic E-state index is 9.59. The second-order valence-electron chi connectivity index (χ2n) is 4.76. The van der Waals surface area contributed by atoms with E-state index in [4.69, 9.17) is 0 Å². The molecule has 20 heavy (non-hydrogen) atoms. The molecule has 3 rings (SSSR count). The number of nitrogens with zero attached hydrogens (tertiary/aromatic N) is 3. The molecule has 102 valence electrons. The zero-order chi connectivity index (χ0) is 13.9. The molecule has 0 saturated carbocycles. The Hall–Kier alpha value is -2.56. The van der Waals surface area contributed by atoms with Crippen LogP contribution in [0.4, 0.5) is 5.82 Å². The average Bonchev–Trinajstić information content (AvgIpc) is 2.85. The van der Waals surface area contributed by atoms with Gasteiger partial charge < -0.3 is 10.4 Å². The molecule has 0 spiro atoms. The van der Waals surface area contributed by atoms with Crippen molar-refractivity contribution in [3.8, 4) is 5.75 Å². The van der Waals surface area contributed by atoms with Crippen LogP contribution in [0.15, 0.2) is 42.9 Å². The van der Waals surface area contributed by atoms with Gasteiger partial charge in [-0.05, 0) is 35.6 Å². The van der Waals surface area contributed by atoms with Crippen LogP contribution >= 0.6 is 0 Å². The number of pyridine rings is 1. The van der Waals surface area contributed by atoms with Gasteiger partial charge in [0.05, 0.1) is 6.20 Å². The Morgan fingerprint density at radius 3 is 3.00 bits per heavy atom. The summed E-state index contributed by atoms with van der Waals surface area (Å²) in [6.45, 7) is 0.771. The number of phenols is 1. The van der Waals surface area contributed by atoms with Gasteiger partial charge in [0.15, 0.2) is 0 Å². The Labute approximate surface area is 116 Å². The average molecular weight is 268 g/mol. The quantitative estimate of drug-likeness (QED) is 0.762. The molecular weight excluding hydrogens is 252 g/mol. The first-order valence-electron chi connectivity index (χ1n) is 6.51. The van der Waals surface area contributed by atoms with Crippen molar-refractivity contribution in [3.05, 3.63) is 48.4 Å². The van der Waals surface area contributed by atoms with Gasteiger partial charge in [0.2, 0.25) is 0 Å². The van der Waals surface area contributed by atoms with Crippen molar-refractivity contribution in [1.82, 2.24) is 14.8 Å². The highest BCUT2D eigenvalue weighted by Crippen LogP contribution is 2.24. The lowest BCUT2D eigenvalue weighted by Crippen LogP contribution is -2.06. The fraction of sp³-hybridized carbons (Fsp3) is 0.200. The zero-order valence-corrected chi connectivity index (χ0v) is 11.2. The summed E-state index contributed by atoms with van der Waals surface area (Å²) in [6.07, 6.45) is 6.52. The molecular formula is C15H16N4O. The van der Waals surface area contributed by atoms with Gasteiger partial charge in [-0.3, -0.25) is 4.68 Å². The molecule has 5 heteroatoms. The highest BCUT2D eigenvalue weighted by atomic mass is 16.3. The fourth-order valence-corrected chi connectivity index (χ4v) is 2.22. The smallest absolute Gasteiger partial charge is 0.133 e. The molecule has 2 heterocycles. The lowest BCUT2D eigenvalue weighted by molar-refractivity contribution is 0.476. The minimum Gasteiger partial charge on any atom is -0.508 e. The second-order valence-corrected chi connectivity index (χ2v) is 4.76. The van der Waals surface area contributed by atoms with E-state index in [1.54, 1.807) is 23.0 Å². The number of benzene rings is 1. The Bertz CT molecular complexity index is 736. The number of anilines is 1. The summed E-state index contributed by atoms with van der Waals surface area (Å²) < 4.78 is 1.80. The summed E-state index contributed by atoms with van der Waals surface area (Å²) in [5.41, 5.74) is 1.18. The fourth-order valence-electron chi connectivity index (χ4n) is 2.22. The van der Waals surface area contributed by atoms with Crippen molar-refractivity contribution in [3.63, 3.8) is 0 Å². The summed E-state index contributed by atoms with van der Waals surface area (Å²) in [5, 5.41) is 19.0. The molecule has 3 aromatic rings. The van der Waals surface area contributed by atoms with Gasteiger partial charge >= 0.3 is 0 Å². The molecule has 0 unspecified atom stereocenters. The van der Waals surface area contributed by atoms with E-state index in [-0.39, 0.29) is 5.75 Å². The highest BCUT2D eigenvalue weighted by molar-refractivity contribution is 5.92. The monoisotopic (exact) mass is 268 g/mol. The molecule has 2 N–H and O–H groups in total. The standard InChI is InChI=1S/C15H16N4O/c1-19-10-11(9-18-19)4-6-16-15-14-8-13(20)3-2-12(14)5-7-17-15/h2-3,5,7-10,20H,4,6H2,1H3,(H,16,17). The molecule has 0 aliphatic carbocycles. The molecule has 0 fully saturated rings.